The molecule has 4 bridgehead atoms. The molecule has 0 heterocycles. The van der Waals surface area contributed by atoms with Crippen LogP contribution in [-0.2, 0) is 32.1 Å². The summed E-state index contributed by atoms with van der Waals surface area (Å²) in [6.45, 7) is 19.5. The maximum atomic E-state index is 2.87. The molecule has 8 aliphatic carbocycles. The Kier molecular flexibility index (Phi) is 7.24. The molecule has 4 saturated carbocycles. The van der Waals surface area contributed by atoms with Crippen molar-refractivity contribution in [1.82, 2.24) is 0 Å². The van der Waals surface area contributed by atoms with Gasteiger partial charge in [-0.2, -0.15) is 0 Å². The molecule has 11 rings (SSSR count). The summed E-state index contributed by atoms with van der Waals surface area (Å²) in [5.74, 6) is 3.56. The molecule has 1 atom stereocenters. The van der Waals surface area contributed by atoms with Crippen molar-refractivity contribution < 1.29 is 21.3 Å². The van der Waals surface area contributed by atoms with Crippen molar-refractivity contribution in [1.29, 1.82) is 0 Å². The van der Waals surface area contributed by atoms with E-state index in [1.165, 1.54) is 95.0 Å². The summed E-state index contributed by atoms with van der Waals surface area (Å²) in [6.07, 6.45) is 18.3. The van der Waals surface area contributed by atoms with E-state index in [0.717, 1.165) is 17.8 Å². The van der Waals surface area contributed by atoms with Crippen molar-refractivity contribution in [2.75, 3.05) is 0 Å². The van der Waals surface area contributed by atoms with Gasteiger partial charge in [0.25, 0.3) is 0 Å². The average Bonchev–Trinajstić information content (AvgIpc) is 3.68. The third-order valence-corrected chi connectivity index (χ3v) is 23.2. The van der Waals surface area contributed by atoms with Gasteiger partial charge in [-0.3, -0.25) is 0 Å². The van der Waals surface area contributed by atoms with Gasteiger partial charge in [0.2, 0.25) is 0 Å². The van der Waals surface area contributed by atoms with Gasteiger partial charge in [-0.15, -0.1) is 0 Å². The number of rotatable bonds is 5. The van der Waals surface area contributed by atoms with E-state index in [9.17, 15) is 0 Å². The molecule has 3 aromatic carbocycles. The fourth-order valence-electron chi connectivity index (χ4n) is 13.4. The molecule has 260 valence electrons. The van der Waals surface area contributed by atoms with Crippen molar-refractivity contribution in [2.45, 2.75) is 115 Å². The molecule has 0 nitrogen and oxygen atoms in total. The van der Waals surface area contributed by atoms with Crippen LogP contribution in [0.2, 0.25) is 0 Å². The summed E-state index contributed by atoms with van der Waals surface area (Å²) in [6, 6.07) is 22.1. The van der Waals surface area contributed by atoms with Crippen molar-refractivity contribution >= 4 is 14.9 Å². The second-order valence-corrected chi connectivity index (χ2v) is 25.3. The number of hydrogen-bond donors (Lipinski definition) is 0. The SMILES string of the molecule is CC1=CC(C)(C)c2cc3c(cc21)-c1cc2c(cc1[CH]3[Zr](=[CH]c1ccccc1)[C]1=C(C)C(CC34CC5CC(CC(C5)C3)C4)=CC1C)C(C)(C)C=C2C. The fourth-order valence-corrected chi connectivity index (χ4v) is 22.1. The first-order chi connectivity index (χ1) is 24.3. The Hall–Kier alpha value is -2.63. The quantitative estimate of drug-likeness (QED) is 0.244. The van der Waals surface area contributed by atoms with Crippen LogP contribution in [0.4, 0.5) is 0 Å². The Balaban J connectivity index is 1.17. The summed E-state index contributed by atoms with van der Waals surface area (Å²) < 4.78 is 5.21. The Morgan fingerprint density at radius 3 is 1.71 bits per heavy atom. The molecule has 1 heteroatoms. The molecular formula is C50H56Zr. The zero-order valence-electron chi connectivity index (χ0n) is 32.3. The zero-order chi connectivity index (χ0) is 35.2. The van der Waals surface area contributed by atoms with Gasteiger partial charge in [0, 0.05) is 0 Å². The zero-order valence-corrected chi connectivity index (χ0v) is 34.8. The first-order valence-corrected chi connectivity index (χ1v) is 24.3. The molecule has 0 radical (unpaired) electrons. The normalized spacial score (nSPS) is 30.7. The van der Waals surface area contributed by atoms with Gasteiger partial charge in [0.1, 0.15) is 0 Å². The molecule has 3 aromatic rings. The van der Waals surface area contributed by atoms with Crippen molar-refractivity contribution in [3.05, 3.63) is 126 Å². The Morgan fingerprint density at radius 2 is 1.20 bits per heavy atom. The maximum absolute atomic E-state index is 2.87. The fraction of sp³-hybridized carbons (Fsp3) is 0.460. The molecule has 51 heavy (non-hydrogen) atoms. The summed E-state index contributed by atoms with van der Waals surface area (Å²) in [5, 5.41) is 0. The summed E-state index contributed by atoms with van der Waals surface area (Å²) in [5.41, 5.74) is 20.8. The van der Waals surface area contributed by atoms with Gasteiger partial charge in [-0.1, -0.05) is 0 Å². The van der Waals surface area contributed by atoms with Gasteiger partial charge < -0.3 is 0 Å². The number of fused-ring (bicyclic) bond motifs is 5. The summed E-state index contributed by atoms with van der Waals surface area (Å²) in [4.78, 5) is 0. The van der Waals surface area contributed by atoms with Crippen LogP contribution in [0, 0.1) is 29.1 Å². The summed E-state index contributed by atoms with van der Waals surface area (Å²) >= 11 is -2.65. The van der Waals surface area contributed by atoms with Crippen LogP contribution in [0.5, 0.6) is 0 Å². The number of benzene rings is 3. The van der Waals surface area contributed by atoms with Crippen LogP contribution in [0.3, 0.4) is 0 Å². The van der Waals surface area contributed by atoms with E-state index < -0.39 is 21.3 Å². The van der Waals surface area contributed by atoms with Crippen LogP contribution in [-0.4, -0.2) is 3.71 Å². The second kappa shape index (κ2) is 11.2. The molecule has 1 unspecified atom stereocenters. The molecule has 0 aromatic heterocycles. The van der Waals surface area contributed by atoms with Crippen molar-refractivity contribution in [3.63, 3.8) is 0 Å². The third-order valence-electron chi connectivity index (χ3n) is 15.0. The average molecular weight is 748 g/mol. The van der Waals surface area contributed by atoms with Gasteiger partial charge in [0.15, 0.2) is 0 Å². The van der Waals surface area contributed by atoms with Crippen LogP contribution < -0.4 is 0 Å². The Bertz CT molecular complexity index is 2070. The number of hydrogen-bond acceptors (Lipinski definition) is 0. The first kappa shape index (κ1) is 33.0. The van der Waals surface area contributed by atoms with Gasteiger partial charge in [-0.05, 0) is 0 Å². The molecule has 0 amide bonds. The van der Waals surface area contributed by atoms with Gasteiger partial charge in [0.05, 0.1) is 0 Å². The first-order valence-electron chi connectivity index (χ1n) is 20.2. The van der Waals surface area contributed by atoms with E-state index in [1.54, 1.807) is 22.3 Å². The Labute approximate surface area is 315 Å². The Morgan fingerprint density at radius 1 is 0.686 bits per heavy atom. The molecule has 0 spiro atoms. The molecule has 0 N–H and O–H groups in total. The molecular weight excluding hydrogens is 692 g/mol. The predicted molar refractivity (Wildman–Crippen MR) is 214 cm³/mol. The van der Waals surface area contributed by atoms with E-state index in [4.69, 9.17) is 0 Å². The predicted octanol–water partition coefficient (Wildman–Crippen LogP) is 13.1. The minimum atomic E-state index is -2.65. The van der Waals surface area contributed by atoms with E-state index in [2.05, 4.69) is 132 Å². The molecule has 0 saturated heterocycles. The van der Waals surface area contributed by atoms with Crippen LogP contribution >= 0.6 is 0 Å². The third kappa shape index (κ3) is 5.02. The monoisotopic (exact) mass is 746 g/mol. The minimum absolute atomic E-state index is 0.0614. The van der Waals surface area contributed by atoms with E-state index >= 15 is 0 Å². The topological polar surface area (TPSA) is 0 Å². The van der Waals surface area contributed by atoms with Gasteiger partial charge in [-0.25, -0.2) is 0 Å². The second-order valence-electron chi connectivity index (χ2n) is 19.6. The van der Waals surface area contributed by atoms with Crippen LogP contribution in [0.1, 0.15) is 143 Å². The summed E-state index contributed by atoms with van der Waals surface area (Å²) in [7, 11) is 0. The van der Waals surface area contributed by atoms with Crippen LogP contribution in [0.15, 0.2) is 87.3 Å². The molecule has 8 aliphatic rings. The molecule has 0 aliphatic heterocycles. The van der Waals surface area contributed by atoms with Crippen molar-refractivity contribution in [3.8, 4) is 11.1 Å². The number of allylic oxidation sites excluding steroid dienone is 8. The van der Waals surface area contributed by atoms with E-state index in [0.29, 0.717) is 15.0 Å². The van der Waals surface area contributed by atoms with Crippen LogP contribution in [0.25, 0.3) is 22.3 Å². The van der Waals surface area contributed by atoms with Crippen molar-refractivity contribution in [2.24, 2.45) is 29.1 Å². The van der Waals surface area contributed by atoms with E-state index in [1.807, 2.05) is 3.28 Å². The van der Waals surface area contributed by atoms with E-state index in [-0.39, 0.29) is 10.8 Å². The standard InChI is InChI=1S/C25H25.C18H25.C7H6.Zr/c1-14-12-24(3,4)22-8-16-7-17-9-23-19(15(2)13-25(23,5)6)11-21(17)20(16)10-18(14)22;1-12-3-13(2)17(4-12)11-18-8-14-5-15(9-18)7-16(6-14)10-18;1-7-5-3-2-4-6-7;/h7-13H,1-6H3;4,12,14-16H,5-11H2,1-2H3;1-6H;. The van der Waals surface area contributed by atoms with Gasteiger partial charge >= 0.3 is 317 Å². The molecule has 4 fully saturated rings.